The van der Waals surface area contributed by atoms with Crippen molar-refractivity contribution in [1.82, 2.24) is 10.2 Å². The first kappa shape index (κ1) is 14.9. The molecule has 4 heteroatoms. The molecule has 1 aromatic carbocycles. The zero-order valence-corrected chi connectivity index (χ0v) is 12.2. The third kappa shape index (κ3) is 5.61. The number of benzene rings is 1. The highest BCUT2D eigenvalue weighted by atomic mass is 15.2. The number of aliphatic imine (C=N–C) groups is 1. The fourth-order valence-electron chi connectivity index (χ4n) is 2.53. The summed E-state index contributed by atoms with van der Waals surface area (Å²) in [6.45, 7) is 5.10. The molecule has 0 radical (unpaired) electrons. The van der Waals surface area contributed by atoms with Crippen LogP contribution in [0.25, 0.3) is 0 Å². The number of hydrogen-bond donors (Lipinski definition) is 2. The van der Waals surface area contributed by atoms with Crippen LogP contribution in [0, 0.1) is 0 Å². The van der Waals surface area contributed by atoms with Crippen LogP contribution in [0.15, 0.2) is 35.3 Å². The first-order chi connectivity index (χ1) is 9.84. The highest BCUT2D eigenvalue weighted by Gasteiger charge is 2.08. The molecule has 0 unspecified atom stereocenters. The average Bonchev–Trinajstić information content (AvgIpc) is 2.49. The molecule has 0 aliphatic carbocycles. The van der Waals surface area contributed by atoms with Gasteiger partial charge in [-0.1, -0.05) is 36.8 Å². The molecular formula is C16H26N4. The van der Waals surface area contributed by atoms with E-state index in [1.165, 1.54) is 37.9 Å². The predicted octanol–water partition coefficient (Wildman–Crippen LogP) is 1.62. The molecule has 1 aliphatic heterocycles. The van der Waals surface area contributed by atoms with Crippen LogP contribution in [0.3, 0.4) is 0 Å². The van der Waals surface area contributed by atoms with E-state index in [0.29, 0.717) is 5.96 Å². The second-order valence-corrected chi connectivity index (χ2v) is 5.33. The average molecular weight is 274 g/mol. The Bertz CT molecular complexity index is 396. The second kappa shape index (κ2) is 8.59. The van der Waals surface area contributed by atoms with E-state index in [0.717, 1.165) is 26.1 Å². The predicted molar refractivity (Wildman–Crippen MR) is 84.9 cm³/mol. The Balaban J connectivity index is 1.59. The number of nitrogens with one attached hydrogen (secondary N) is 1. The van der Waals surface area contributed by atoms with Crippen molar-refractivity contribution in [1.29, 1.82) is 0 Å². The Morgan fingerprint density at radius 1 is 1.15 bits per heavy atom. The Hall–Kier alpha value is -1.55. The summed E-state index contributed by atoms with van der Waals surface area (Å²) in [6.07, 6.45) is 5.01. The lowest BCUT2D eigenvalue weighted by atomic mass is 10.1. The summed E-state index contributed by atoms with van der Waals surface area (Å²) in [5, 5.41) is 3.18. The molecule has 20 heavy (non-hydrogen) atoms. The van der Waals surface area contributed by atoms with Gasteiger partial charge in [0.2, 0.25) is 0 Å². The topological polar surface area (TPSA) is 53.6 Å². The Labute approximate surface area is 122 Å². The number of hydrogen-bond acceptors (Lipinski definition) is 2. The second-order valence-electron chi connectivity index (χ2n) is 5.33. The van der Waals surface area contributed by atoms with E-state index in [2.05, 4.69) is 39.5 Å². The van der Waals surface area contributed by atoms with E-state index < -0.39 is 0 Å². The molecule has 0 atom stereocenters. The van der Waals surface area contributed by atoms with Crippen LogP contribution in [0.2, 0.25) is 0 Å². The van der Waals surface area contributed by atoms with Crippen molar-refractivity contribution in [3.05, 3.63) is 35.9 Å². The lowest BCUT2D eigenvalue weighted by Gasteiger charge is -2.25. The maximum Gasteiger partial charge on any atom is 0.188 e. The van der Waals surface area contributed by atoms with Crippen LogP contribution in [0.1, 0.15) is 24.8 Å². The van der Waals surface area contributed by atoms with Crippen molar-refractivity contribution in [2.75, 3.05) is 32.7 Å². The van der Waals surface area contributed by atoms with E-state index >= 15 is 0 Å². The first-order valence-corrected chi connectivity index (χ1v) is 7.64. The van der Waals surface area contributed by atoms with Gasteiger partial charge in [0, 0.05) is 13.1 Å². The zero-order valence-electron chi connectivity index (χ0n) is 12.2. The minimum atomic E-state index is 0.568. The molecule has 2 rings (SSSR count). The number of nitrogens with two attached hydrogens (primary N) is 1. The van der Waals surface area contributed by atoms with Gasteiger partial charge >= 0.3 is 0 Å². The number of piperidine rings is 1. The largest absolute Gasteiger partial charge is 0.370 e. The number of rotatable bonds is 6. The molecule has 1 fully saturated rings. The third-order valence-corrected chi connectivity index (χ3v) is 3.71. The van der Waals surface area contributed by atoms with Crippen molar-refractivity contribution < 1.29 is 0 Å². The molecule has 1 aromatic rings. The van der Waals surface area contributed by atoms with E-state index in [9.17, 15) is 0 Å². The zero-order chi connectivity index (χ0) is 14.0. The maximum atomic E-state index is 5.87. The van der Waals surface area contributed by atoms with Crippen LogP contribution in [0.5, 0.6) is 0 Å². The van der Waals surface area contributed by atoms with Crippen LogP contribution in [-0.2, 0) is 6.42 Å². The molecule has 110 valence electrons. The Morgan fingerprint density at radius 2 is 1.90 bits per heavy atom. The third-order valence-electron chi connectivity index (χ3n) is 3.71. The monoisotopic (exact) mass is 274 g/mol. The number of likely N-dealkylation sites (tertiary alicyclic amines) is 1. The van der Waals surface area contributed by atoms with Gasteiger partial charge in [-0.15, -0.1) is 0 Å². The Morgan fingerprint density at radius 3 is 2.65 bits per heavy atom. The molecule has 0 amide bonds. The van der Waals surface area contributed by atoms with Crippen molar-refractivity contribution in [3.63, 3.8) is 0 Å². The van der Waals surface area contributed by atoms with Gasteiger partial charge in [0.1, 0.15) is 0 Å². The van der Waals surface area contributed by atoms with Gasteiger partial charge in [0.25, 0.3) is 0 Å². The van der Waals surface area contributed by atoms with Crippen molar-refractivity contribution >= 4 is 5.96 Å². The van der Waals surface area contributed by atoms with E-state index in [4.69, 9.17) is 5.73 Å². The summed E-state index contributed by atoms with van der Waals surface area (Å²) in [5.41, 5.74) is 7.19. The van der Waals surface area contributed by atoms with Gasteiger partial charge in [0.05, 0.1) is 6.54 Å². The number of guanidine groups is 1. The number of nitrogens with zero attached hydrogens (tertiary/aromatic N) is 2. The summed E-state index contributed by atoms with van der Waals surface area (Å²) in [6, 6.07) is 10.4. The lowest BCUT2D eigenvalue weighted by Crippen LogP contribution is -2.35. The molecule has 0 aromatic heterocycles. The summed E-state index contributed by atoms with van der Waals surface area (Å²) >= 11 is 0. The Kier molecular flexibility index (Phi) is 6.38. The summed E-state index contributed by atoms with van der Waals surface area (Å²) < 4.78 is 0. The van der Waals surface area contributed by atoms with E-state index in [-0.39, 0.29) is 0 Å². The van der Waals surface area contributed by atoms with Crippen LogP contribution >= 0.6 is 0 Å². The fourth-order valence-corrected chi connectivity index (χ4v) is 2.53. The van der Waals surface area contributed by atoms with Gasteiger partial charge in [-0.2, -0.15) is 0 Å². The highest BCUT2D eigenvalue weighted by Crippen LogP contribution is 2.07. The van der Waals surface area contributed by atoms with Gasteiger partial charge in [0.15, 0.2) is 5.96 Å². The van der Waals surface area contributed by atoms with Crippen LogP contribution in [-0.4, -0.2) is 43.6 Å². The first-order valence-electron chi connectivity index (χ1n) is 7.64. The minimum Gasteiger partial charge on any atom is -0.370 e. The molecule has 3 N–H and O–H groups in total. The van der Waals surface area contributed by atoms with Crippen molar-refractivity contribution in [2.24, 2.45) is 10.7 Å². The standard InChI is InChI=1S/C16H26N4/c17-16(18-10-9-15-7-3-1-4-8-15)19-11-14-20-12-5-2-6-13-20/h1,3-4,7-8H,2,5-6,9-14H2,(H3,17,18,19). The fraction of sp³-hybridized carbons (Fsp3) is 0.562. The smallest absolute Gasteiger partial charge is 0.188 e. The molecule has 0 bridgehead atoms. The molecular weight excluding hydrogens is 248 g/mol. The van der Waals surface area contributed by atoms with Crippen molar-refractivity contribution in [3.8, 4) is 0 Å². The lowest BCUT2D eigenvalue weighted by molar-refractivity contribution is 0.235. The van der Waals surface area contributed by atoms with E-state index in [1.807, 2.05) is 6.07 Å². The minimum absolute atomic E-state index is 0.568. The highest BCUT2D eigenvalue weighted by molar-refractivity contribution is 5.77. The molecule has 0 spiro atoms. The molecule has 1 heterocycles. The SMILES string of the molecule is NC(=NCCN1CCCCC1)NCCc1ccccc1. The summed E-state index contributed by atoms with van der Waals surface area (Å²) in [5.74, 6) is 0.568. The van der Waals surface area contributed by atoms with Gasteiger partial charge in [-0.25, -0.2) is 0 Å². The van der Waals surface area contributed by atoms with Gasteiger partial charge < -0.3 is 16.0 Å². The van der Waals surface area contributed by atoms with Crippen LogP contribution in [0.4, 0.5) is 0 Å². The normalized spacial score (nSPS) is 17.1. The molecule has 1 saturated heterocycles. The maximum absolute atomic E-state index is 5.87. The summed E-state index contributed by atoms with van der Waals surface area (Å²) in [4.78, 5) is 6.87. The van der Waals surface area contributed by atoms with Gasteiger partial charge in [-0.3, -0.25) is 4.99 Å². The molecule has 4 nitrogen and oxygen atoms in total. The van der Waals surface area contributed by atoms with Crippen molar-refractivity contribution in [2.45, 2.75) is 25.7 Å². The summed E-state index contributed by atoms with van der Waals surface area (Å²) in [7, 11) is 0. The van der Waals surface area contributed by atoms with Crippen LogP contribution < -0.4 is 11.1 Å². The molecule has 1 aliphatic rings. The molecule has 0 saturated carbocycles. The van der Waals surface area contributed by atoms with Gasteiger partial charge in [-0.05, 0) is 37.9 Å². The quantitative estimate of drug-likeness (QED) is 0.612. The van der Waals surface area contributed by atoms with E-state index in [1.54, 1.807) is 0 Å².